The molecule has 0 aliphatic carbocycles. The summed E-state index contributed by atoms with van der Waals surface area (Å²) in [5.41, 5.74) is 0. The summed E-state index contributed by atoms with van der Waals surface area (Å²) in [6, 6.07) is 1.87. The molecule has 6 heteroatoms. The van der Waals surface area contributed by atoms with Gasteiger partial charge in [-0.2, -0.15) is 11.8 Å². The molecule has 2 rings (SSSR count). The standard InChI is InChI=1S/C9H10Br2N2S2/c1-5-8(15-3-2-14-5)9-12-6(10)4-7(11)13-9/h4-5,8H,2-3H2,1H3. The molecule has 82 valence electrons. The average molecular weight is 370 g/mol. The van der Waals surface area contributed by atoms with Crippen molar-refractivity contribution >= 4 is 55.4 Å². The molecule has 1 aliphatic heterocycles. The van der Waals surface area contributed by atoms with Crippen LogP contribution in [0.15, 0.2) is 15.3 Å². The summed E-state index contributed by atoms with van der Waals surface area (Å²) in [6.07, 6.45) is 0. The van der Waals surface area contributed by atoms with E-state index < -0.39 is 0 Å². The van der Waals surface area contributed by atoms with Gasteiger partial charge in [0, 0.05) is 22.8 Å². The Morgan fingerprint density at radius 2 is 1.80 bits per heavy atom. The molecule has 2 heterocycles. The molecule has 15 heavy (non-hydrogen) atoms. The quantitative estimate of drug-likeness (QED) is 0.701. The highest BCUT2D eigenvalue weighted by Gasteiger charge is 2.26. The van der Waals surface area contributed by atoms with Crippen LogP contribution in [0.25, 0.3) is 0 Å². The van der Waals surface area contributed by atoms with E-state index in [1.807, 2.05) is 29.6 Å². The van der Waals surface area contributed by atoms with E-state index in [4.69, 9.17) is 0 Å². The highest BCUT2D eigenvalue weighted by Crippen LogP contribution is 2.41. The lowest BCUT2D eigenvalue weighted by atomic mass is 10.3. The third-order valence-electron chi connectivity index (χ3n) is 2.12. The van der Waals surface area contributed by atoms with Crippen molar-refractivity contribution in [2.75, 3.05) is 11.5 Å². The second kappa shape index (κ2) is 5.38. The van der Waals surface area contributed by atoms with Crippen LogP contribution in [0.3, 0.4) is 0 Å². The maximum absolute atomic E-state index is 4.45. The van der Waals surface area contributed by atoms with Crippen LogP contribution >= 0.6 is 55.4 Å². The van der Waals surface area contributed by atoms with Gasteiger partial charge in [0.25, 0.3) is 0 Å². The van der Waals surface area contributed by atoms with Gasteiger partial charge in [0.2, 0.25) is 0 Å². The van der Waals surface area contributed by atoms with E-state index >= 15 is 0 Å². The Bertz CT molecular complexity index is 342. The molecule has 1 aliphatic rings. The first-order valence-electron chi connectivity index (χ1n) is 4.60. The van der Waals surface area contributed by atoms with Crippen molar-refractivity contribution in [2.24, 2.45) is 0 Å². The number of hydrogen-bond acceptors (Lipinski definition) is 4. The third kappa shape index (κ3) is 3.11. The summed E-state index contributed by atoms with van der Waals surface area (Å²) in [7, 11) is 0. The minimum Gasteiger partial charge on any atom is -0.225 e. The van der Waals surface area contributed by atoms with Crippen molar-refractivity contribution < 1.29 is 0 Å². The van der Waals surface area contributed by atoms with Gasteiger partial charge in [-0.25, -0.2) is 9.97 Å². The number of halogens is 2. The first-order valence-corrected chi connectivity index (χ1v) is 8.28. The van der Waals surface area contributed by atoms with Crippen molar-refractivity contribution in [3.05, 3.63) is 21.1 Å². The van der Waals surface area contributed by atoms with Crippen molar-refractivity contribution in [1.82, 2.24) is 9.97 Å². The normalized spacial score (nSPS) is 26.6. The third-order valence-corrected chi connectivity index (χ3v) is 6.02. The van der Waals surface area contributed by atoms with Crippen LogP contribution in [-0.2, 0) is 0 Å². The molecule has 2 atom stereocenters. The Labute approximate surface area is 115 Å². The lowest BCUT2D eigenvalue weighted by Gasteiger charge is -2.26. The predicted octanol–water partition coefficient (Wildman–Crippen LogP) is 3.91. The Morgan fingerprint density at radius 1 is 1.20 bits per heavy atom. The molecule has 0 radical (unpaired) electrons. The molecular formula is C9H10Br2N2S2. The lowest BCUT2D eigenvalue weighted by molar-refractivity contribution is 0.812. The Hall–Kier alpha value is 0.740. The van der Waals surface area contributed by atoms with Crippen molar-refractivity contribution in [3.8, 4) is 0 Å². The van der Waals surface area contributed by atoms with E-state index in [9.17, 15) is 0 Å². The molecule has 0 amide bonds. The topological polar surface area (TPSA) is 25.8 Å². The summed E-state index contributed by atoms with van der Waals surface area (Å²) in [5, 5.41) is 1.00. The average Bonchev–Trinajstić information content (AvgIpc) is 2.16. The van der Waals surface area contributed by atoms with Crippen LogP contribution in [0.5, 0.6) is 0 Å². The fourth-order valence-corrected chi connectivity index (χ4v) is 5.24. The Balaban J connectivity index is 2.27. The van der Waals surface area contributed by atoms with Crippen LogP contribution in [0, 0.1) is 0 Å². The van der Waals surface area contributed by atoms with E-state index in [2.05, 4.69) is 48.8 Å². The SMILES string of the molecule is CC1SCCSC1c1nc(Br)cc(Br)n1. The van der Waals surface area contributed by atoms with Crippen LogP contribution in [0.1, 0.15) is 18.0 Å². The molecule has 0 bridgehead atoms. The highest BCUT2D eigenvalue weighted by atomic mass is 79.9. The number of thioether (sulfide) groups is 2. The van der Waals surface area contributed by atoms with Crippen molar-refractivity contribution in [2.45, 2.75) is 17.4 Å². The van der Waals surface area contributed by atoms with Crippen molar-refractivity contribution in [1.29, 1.82) is 0 Å². The zero-order chi connectivity index (χ0) is 10.8. The van der Waals surface area contributed by atoms with Crippen LogP contribution in [0.2, 0.25) is 0 Å². The maximum Gasteiger partial charge on any atom is 0.144 e. The van der Waals surface area contributed by atoms with E-state index in [0.29, 0.717) is 10.5 Å². The fourth-order valence-electron chi connectivity index (χ4n) is 1.45. The summed E-state index contributed by atoms with van der Waals surface area (Å²) in [4.78, 5) is 8.90. The number of aromatic nitrogens is 2. The van der Waals surface area contributed by atoms with Gasteiger partial charge in [-0.05, 0) is 31.9 Å². The molecule has 2 unspecified atom stereocenters. The predicted molar refractivity (Wildman–Crippen MR) is 74.6 cm³/mol. The Morgan fingerprint density at radius 3 is 2.40 bits per heavy atom. The number of nitrogens with zero attached hydrogens (tertiary/aromatic N) is 2. The first-order chi connectivity index (χ1) is 7.16. The summed E-state index contributed by atoms with van der Waals surface area (Å²) >= 11 is 10.8. The first kappa shape index (κ1) is 12.2. The van der Waals surface area contributed by atoms with Crippen LogP contribution < -0.4 is 0 Å². The second-order valence-electron chi connectivity index (χ2n) is 3.24. The smallest absolute Gasteiger partial charge is 0.144 e. The molecule has 1 aromatic rings. The molecule has 0 saturated carbocycles. The molecule has 1 aromatic heterocycles. The van der Waals surface area contributed by atoms with E-state index in [0.717, 1.165) is 15.0 Å². The molecule has 0 N–H and O–H groups in total. The molecule has 0 aromatic carbocycles. The van der Waals surface area contributed by atoms with Gasteiger partial charge in [-0.15, -0.1) is 11.8 Å². The minimum atomic E-state index is 0.414. The lowest BCUT2D eigenvalue weighted by Crippen LogP contribution is -2.18. The monoisotopic (exact) mass is 368 g/mol. The summed E-state index contributed by atoms with van der Waals surface area (Å²) < 4.78 is 1.70. The van der Waals surface area contributed by atoms with Gasteiger partial charge in [-0.3, -0.25) is 0 Å². The van der Waals surface area contributed by atoms with Gasteiger partial charge >= 0.3 is 0 Å². The van der Waals surface area contributed by atoms with Gasteiger partial charge in [0.05, 0.1) is 5.25 Å². The summed E-state index contributed by atoms with van der Waals surface area (Å²) in [6.45, 7) is 2.25. The molecule has 0 spiro atoms. The zero-order valence-electron chi connectivity index (χ0n) is 8.11. The highest BCUT2D eigenvalue weighted by molar-refractivity contribution is 9.11. The van der Waals surface area contributed by atoms with Crippen molar-refractivity contribution in [3.63, 3.8) is 0 Å². The summed E-state index contributed by atoms with van der Waals surface area (Å²) in [5.74, 6) is 3.35. The largest absolute Gasteiger partial charge is 0.225 e. The van der Waals surface area contributed by atoms with Gasteiger partial charge in [-0.1, -0.05) is 6.92 Å². The van der Waals surface area contributed by atoms with E-state index in [1.165, 1.54) is 11.5 Å². The van der Waals surface area contributed by atoms with E-state index in [1.54, 1.807) is 0 Å². The van der Waals surface area contributed by atoms with Crippen LogP contribution in [-0.4, -0.2) is 26.7 Å². The van der Waals surface area contributed by atoms with Gasteiger partial charge < -0.3 is 0 Å². The fraction of sp³-hybridized carbons (Fsp3) is 0.556. The molecule has 1 fully saturated rings. The molecular weight excluding hydrogens is 360 g/mol. The molecule has 1 saturated heterocycles. The van der Waals surface area contributed by atoms with E-state index in [-0.39, 0.29) is 0 Å². The number of hydrogen-bond donors (Lipinski definition) is 0. The Kier molecular flexibility index (Phi) is 4.38. The van der Waals surface area contributed by atoms with Gasteiger partial charge in [0.15, 0.2) is 0 Å². The zero-order valence-corrected chi connectivity index (χ0v) is 12.9. The second-order valence-corrected chi connectivity index (χ2v) is 7.60. The van der Waals surface area contributed by atoms with Crippen LogP contribution in [0.4, 0.5) is 0 Å². The van der Waals surface area contributed by atoms with Gasteiger partial charge in [0.1, 0.15) is 15.0 Å². The maximum atomic E-state index is 4.45. The number of rotatable bonds is 1. The molecule has 2 nitrogen and oxygen atoms in total. The minimum absolute atomic E-state index is 0.414.